The molecule has 0 saturated carbocycles. The van der Waals surface area contributed by atoms with Crippen LogP contribution in [0.4, 0.5) is 4.79 Å². The average molecular weight is 142 g/mol. The van der Waals surface area contributed by atoms with E-state index >= 15 is 0 Å². The van der Waals surface area contributed by atoms with Crippen LogP contribution in [-0.2, 0) is 11.3 Å². The van der Waals surface area contributed by atoms with E-state index in [4.69, 9.17) is 5.11 Å². The predicted molar refractivity (Wildman–Crippen MR) is 31.4 cm³/mol. The molecule has 5 nitrogen and oxygen atoms in total. The Hall–Kier alpha value is -1.52. The Bertz CT molecular complexity index is 207. The highest BCUT2D eigenvalue weighted by atomic mass is 16.7. The number of hydrogen-bond donors (Lipinski definition) is 2. The molecule has 0 spiro atoms. The molecule has 0 unspecified atom stereocenters. The minimum absolute atomic E-state index is 0.0255. The van der Waals surface area contributed by atoms with Crippen molar-refractivity contribution in [3.63, 3.8) is 0 Å². The van der Waals surface area contributed by atoms with Gasteiger partial charge in [-0.2, -0.15) is 0 Å². The van der Waals surface area contributed by atoms with E-state index in [1.807, 2.05) is 0 Å². The summed E-state index contributed by atoms with van der Waals surface area (Å²) in [6, 6.07) is 0. The second kappa shape index (κ2) is 2.86. The third-order valence-corrected chi connectivity index (χ3v) is 0.887. The maximum absolute atomic E-state index is 9.83. The van der Waals surface area contributed by atoms with Crippen molar-refractivity contribution in [2.75, 3.05) is 0 Å². The molecule has 0 atom stereocenters. The van der Waals surface area contributed by atoms with E-state index in [1.54, 1.807) is 6.20 Å². The van der Waals surface area contributed by atoms with Crippen molar-refractivity contribution >= 4 is 6.16 Å². The van der Waals surface area contributed by atoms with Crippen LogP contribution in [0.2, 0.25) is 0 Å². The van der Waals surface area contributed by atoms with Gasteiger partial charge in [-0.1, -0.05) is 0 Å². The number of aromatic nitrogens is 2. The van der Waals surface area contributed by atoms with Crippen LogP contribution < -0.4 is 0 Å². The highest BCUT2D eigenvalue weighted by Gasteiger charge is 1.98. The fourth-order valence-electron chi connectivity index (χ4n) is 0.507. The summed E-state index contributed by atoms with van der Waals surface area (Å²) in [5.74, 6) is 0.502. The highest BCUT2D eigenvalue weighted by molar-refractivity contribution is 5.56. The Labute approximate surface area is 56.7 Å². The standard InChI is InChI=1S/C5H6N2O3/c8-5(9)10-3-4-6-1-2-7-4/h1-2H,3H2,(H,6,7)(H,8,9). The predicted octanol–water partition coefficient (Wildman–Crippen LogP) is 0.604. The largest absolute Gasteiger partial charge is 0.506 e. The highest BCUT2D eigenvalue weighted by Crippen LogP contribution is 1.90. The molecule has 0 aromatic carbocycles. The molecule has 1 aromatic rings. The Morgan fingerprint density at radius 1 is 1.90 bits per heavy atom. The molecule has 0 amide bonds. The summed E-state index contributed by atoms with van der Waals surface area (Å²) in [6.45, 7) is -0.0255. The molecular formula is C5H6N2O3. The quantitative estimate of drug-likeness (QED) is 0.593. The van der Waals surface area contributed by atoms with Crippen LogP contribution in [0.5, 0.6) is 0 Å². The molecular weight excluding hydrogens is 136 g/mol. The fraction of sp³-hybridized carbons (Fsp3) is 0.200. The maximum atomic E-state index is 9.83. The number of rotatable bonds is 2. The lowest BCUT2D eigenvalue weighted by atomic mass is 10.7. The summed E-state index contributed by atoms with van der Waals surface area (Å²) < 4.78 is 4.21. The second-order valence-electron chi connectivity index (χ2n) is 1.59. The molecule has 0 saturated heterocycles. The van der Waals surface area contributed by atoms with Crippen LogP contribution in [-0.4, -0.2) is 21.2 Å². The molecule has 1 rings (SSSR count). The van der Waals surface area contributed by atoms with E-state index < -0.39 is 6.16 Å². The molecule has 0 aliphatic carbocycles. The number of H-pyrrole nitrogens is 1. The third kappa shape index (κ3) is 1.77. The second-order valence-corrected chi connectivity index (χ2v) is 1.59. The Morgan fingerprint density at radius 2 is 2.70 bits per heavy atom. The van der Waals surface area contributed by atoms with Crippen LogP contribution in [0.15, 0.2) is 12.4 Å². The van der Waals surface area contributed by atoms with Crippen molar-refractivity contribution in [3.8, 4) is 0 Å². The van der Waals surface area contributed by atoms with Gasteiger partial charge in [-0.3, -0.25) is 0 Å². The molecule has 1 heterocycles. The lowest BCUT2D eigenvalue weighted by Gasteiger charge is -1.93. The molecule has 2 N–H and O–H groups in total. The number of imidazole rings is 1. The molecule has 0 bridgehead atoms. The lowest BCUT2D eigenvalue weighted by Crippen LogP contribution is -2.00. The third-order valence-electron chi connectivity index (χ3n) is 0.887. The van der Waals surface area contributed by atoms with Gasteiger partial charge in [0, 0.05) is 12.4 Å². The molecule has 0 aliphatic heterocycles. The minimum Gasteiger partial charge on any atom is -0.450 e. The maximum Gasteiger partial charge on any atom is 0.506 e. The van der Waals surface area contributed by atoms with Crippen LogP contribution in [0.3, 0.4) is 0 Å². The monoisotopic (exact) mass is 142 g/mol. The van der Waals surface area contributed by atoms with E-state index in [0.29, 0.717) is 5.82 Å². The Balaban J connectivity index is 2.35. The first-order chi connectivity index (χ1) is 4.79. The van der Waals surface area contributed by atoms with Crippen LogP contribution >= 0.6 is 0 Å². The number of carboxylic acid groups (broad SMARTS) is 1. The zero-order chi connectivity index (χ0) is 7.40. The average Bonchev–Trinajstić information content (AvgIpc) is 2.34. The van der Waals surface area contributed by atoms with E-state index in [2.05, 4.69) is 14.7 Å². The fourth-order valence-corrected chi connectivity index (χ4v) is 0.507. The van der Waals surface area contributed by atoms with E-state index in [-0.39, 0.29) is 6.61 Å². The molecule has 0 aliphatic rings. The van der Waals surface area contributed by atoms with E-state index in [9.17, 15) is 4.79 Å². The molecule has 5 heteroatoms. The van der Waals surface area contributed by atoms with Crippen LogP contribution in [0.25, 0.3) is 0 Å². The van der Waals surface area contributed by atoms with E-state index in [1.165, 1.54) is 6.20 Å². The van der Waals surface area contributed by atoms with E-state index in [0.717, 1.165) is 0 Å². The summed E-state index contributed by atoms with van der Waals surface area (Å²) in [5, 5.41) is 8.05. The molecule has 0 radical (unpaired) electrons. The van der Waals surface area contributed by atoms with Crippen molar-refractivity contribution < 1.29 is 14.6 Å². The first kappa shape index (κ1) is 6.60. The van der Waals surface area contributed by atoms with Gasteiger partial charge in [-0.05, 0) is 0 Å². The molecule has 1 aromatic heterocycles. The summed E-state index contributed by atoms with van der Waals surface area (Å²) in [4.78, 5) is 16.3. The number of ether oxygens (including phenoxy) is 1. The van der Waals surface area contributed by atoms with Crippen molar-refractivity contribution in [2.24, 2.45) is 0 Å². The molecule has 0 fully saturated rings. The van der Waals surface area contributed by atoms with Gasteiger partial charge in [-0.15, -0.1) is 0 Å². The minimum atomic E-state index is -1.29. The summed E-state index contributed by atoms with van der Waals surface area (Å²) in [5.41, 5.74) is 0. The first-order valence-corrected chi connectivity index (χ1v) is 2.63. The zero-order valence-corrected chi connectivity index (χ0v) is 5.07. The van der Waals surface area contributed by atoms with Crippen molar-refractivity contribution in [2.45, 2.75) is 6.61 Å². The smallest absolute Gasteiger partial charge is 0.450 e. The Morgan fingerprint density at radius 3 is 3.20 bits per heavy atom. The Kier molecular flexibility index (Phi) is 1.89. The summed E-state index contributed by atoms with van der Waals surface area (Å²) in [7, 11) is 0. The molecule has 10 heavy (non-hydrogen) atoms. The lowest BCUT2D eigenvalue weighted by molar-refractivity contribution is 0.0833. The molecule has 54 valence electrons. The number of nitrogens with one attached hydrogen (secondary N) is 1. The van der Waals surface area contributed by atoms with Gasteiger partial charge in [0.25, 0.3) is 0 Å². The van der Waals surface area contributed by atoms with Gasteiger partial charge in [0.2, 0.25) is 0 Å². The van der Waals surface area contributed by atoms with Crippen LogP contribution in [0.1, 0.15) is 5.82 Å². The first-order valence-electron chi connectivity index (χ1n) is 2.63. The van der Waals surface area contributed by atoms with Gasteiger partial charge in [0.15, 0.2) is 6.61 Å². The number of carbonyl (C=O) groups is 1. The normalized spacial score (nSPS) is 9.20. The van der Waals surface area contributed by atoms with Gasteiger partial charge in [-0.25, -0.2) is 9.78 Å². The number of hydrogen-bond acceptors (Lipinski definition) is 3. The van der Waals surface area contributed by atoms with Gasteiger partial charge in [0.05, 0.1) is 0 Å². The topological polar surface area (TPSA) is 75.2 Å². The zero-order valence-electron chi connectivity index (χ0n) is 5.07. The van der Waals surface area contributed by atoms with Crippen molar-refractivity contribution in [1.82, 2.24) is 9.97 Å². The summed E-state index contributed by atoms with van der Waals surface area (Å²) >= 11 is 0. The van der Waals surface area contributed by atoms with Crippen molar-refractivity contribution in [3.05, 3.63) is 18.2 Å². The number of aromatic amines is 1. The van der Waals surface area contributed by atoms with Crippen molar-refractivity contribution in [1.29, 1.82) is 0 Å². The summed E-state index contributed by atoms with van der Waals surface area (Å²) in [6.07, 6.45) is 1.83. The number of nitrogens with zero attached hydrogens (tertiary/aromatic N) is 1. The van der Waals surface area contributed by atoms with Gasteiger partial charge < -0.3 is 14.8 Å². The van der Waals surface area contributed by atoms with Gasteiger partial charge >= 0.3 is 6.16 Å². The van der Waals surface area contributed by atoms with Crippen LogP contribution in [0, 0.1) is 0 Å². The SMILES string of the molecule is O=C(O)OCc1ncc[nH]1. The van der Waals surface area contributed by atoms with Gasteiger partial charge in [0.1, 0.15) is 5.82 Å².